The molecule has 2 aromatic heterocycles. The lowest BCUT2D eigenvalue weighted by atomic mass is 10.2. The number of nitrogens with zero attached hydrogens (tertiary/aromatic N) is 3. The normalized spacial score (nSPS) is 9.93. The molecule has 6 nitrogen and oxygen atoms in total. The Morgan fingerprint density at radius 3 is 2.80 bits per heavy atom. The van der Waals surface area contributed by atoms with Gasteiger partial charge >= 0.3 is 11.9 Å². The average Bonchev–Trinajstić information content (AvgIpc) is 2.78. The minimum Gasteiger partial charge on any atom is -0.462 e. The Hall–Kier alpha value is -2.24. The number of carbonyl (C=O) groups excluding carboxylic acids is 1. The van der Waals surface area contributed by atoms with E-state index in [1.807, 2.05) is 0 Å². The van der Waals surface area contributed by atoms with Gasteiger partial charge in [-0.3, -0.25) is 4.98 Å². The molecule has 6 heteroatoms. The van der Waals surface area contributed by atoms with E-state index in [1.165, 1.54) is 7.11 Å². The lowest BCUT2D eigenvalue weighted by Crippen LogP contribution is -2.00. The maximum atomic E-state index is 11.0. The van der Waals surface area contributed by atoms with Gasteiger partial charge in [-0.15, -0.1) is 0 Å². The van der Waals surface area contributed by atoms with Crippen LogP contribution in [0.15, 0.2) is 29.0 Å². The molecule has 0 N–H and O–H groups in total. The molecule has 0 radical (unpaired) electrons. The van der Waals surface area contributed by atoms with E-state index >= 15 is 0 Å². The number of pyridine rings is 1. The average molecular weight is 205 g/mol. The maximum Gasteiger partial charge on any atom is 0.397 e. The van der Waals surface area contributed by atoms with Crippen LogP contribution in [0, 0.1) is 0 Å². The molecule has 2 heterocycles. The molecular formula is C9H7N3O3. The van der Waals surface area contributed by atoms with Crippen molar-refractivity contribution >= 4 is 5.97 Å². The van der Waals surface area contributed by atoms with Crippen molar-refractivity contribution in [1.82, 2.24) is 15.1 Å². The van der Waals surface area contributed by atoms with Gasteiger partial charge in [0.15, 0.2) is 0 Å². The van der Waals surface area contributed by atoms with Crippen molar-refractivity contribution < 1.29 is 14.1 Å². The van der Waals surface area contributed by atoms with Crippen molar-refractivity contribution in [1.29, 1.82) is 0 Å². The summed E-state index contributed by atoms with van der Waals surface area (Å²) in [5.41, 5.74) is 0.726. The fraction of sp³-hybridized carbons (Fsp3) is 0.111. The first kappa shape index (κ1) is 9.32. The summed E-state index contributed by atoms with van der Waals surface area (Å²) in [4.78, 5) is 18.7. The fourth-order valence-electron chi connectivity index (χ4n) is 1.01. The minimum absolute atomic E-state index is 0.163. The van der Waals surface area contributed by atoms with Gasteiger partial charge in [0.1, 0.15) is 0 Å². The molecule has 0 aliphatic heterocycles. The van der Waals surface area contributed by atoms with Gasteiger partial charge in [-0.25, -0.2) is 4.79 Å². The van der Waals surface area contributed by atoms with Gasteiger partial charge in [0.05, 0.1) is 7.11 Å². The highest BCUT2D eigenvalue weighted by Gasteiger charge is 2.15. The fourth-order valence-corrected chi connectivity index (χ4v) is 1.01. The standard InChI is InChI=1S/C9H7N3O3/c1-14-9(13)8-11-7(12-15-8)6-2-4-10-5-3-6/h2-5H,1H3. The van der Waals surface area contributed by atoms with Gasteiger partial charge in [-0.05, 0) is 12.1 Å². The van der Waals surface area contributed by atoms with Crippen LogP contribution in [0.2, 0.25) is 0 Å². The maximum absolute atomic E-state index is 11.0. The third-order valence-corrected chi connectivity index (χ3v) is 1.72. The Morgan fingerprint density at radius 1 is 1.40 bits per heavy atom. The quantitative estimate of drug-likeness (QED) is 0.678. The van der Waals surface area contributed by atoms with Crippen LogP contribution in [-0.2, 0) is 4.74 Å². The van der Waals surface area contributed by atoms with Gasteiger partial charge in [-0.1, -0.05) is 5.16 Å². The number of rotatable bonds is 2. The third kappa shape index (κ3) is 1.83. The van der Waals surface area contributed by atoms with E-state index in [2.05, 4.69) is 19.9 Å². The zero-order valence-electron chi connectivity index (χ0n) is 7.88. The Kier molecular flexibility index (Phi) is 2.40. The van der Waals surface area contributed by atoms with Crippen molar-refractivity contribution in [3.63, 3.8) is 0 Å². The summed E-state index contributed by atoms with van der Waals surface area (Å²) in [6.45, 7) is 0. The van der Waals surface area contributed by atoms with Crippen molar-refractivity contribution in [3.05, 3.63) is 30.4 Å². The zero-order valence-corrected chi connectivity index (χ0v) is 7.88. The number of ether oxygens (including phenoxy) is 1. The second-order valence-corrected chi connectivity index (χ2v) is 2.65. The van der Waals surface area contributed by atoms with E-state index in [-0.39, 0.29) is 5.89 Å². The van der Waals surface area contributed by atoms with Crippen LogP contribution in [0.5, 0.6) is 0 Å². The van der Waals surface area contributed by atoms with Gasteiger partial charge < -0.3 is 9.26 Å². The lowest BCUT2D eigenvalue weighted by Gasteiger charge is -1.90. The van der Waals surface area contributed by atoms with E-state index in [4.69, 9.17) is 4.52 Å². The molecule has 2 rings (SSSR count). The number of methoxy groups -OCH3 is 1. The molecule has 0 amide bonds. The van der Waals surface area contributed by atoms with Crippen molar-refractivity contribution in [3.8, 4) is 11.4 Å². The number of esters is 1. The van der Waals surface area contributed by atoms with Crippen LogP contribution in [0.1, 0.15) is 10.7 Å². The highest BCUT2D eigenvalue weighted by atomic mass is 16.6. The monoisotopic (exact) mass is 205 g/mol. The number of hydrogen-bond acceptors (Lipinski definition) is 6. The molecule has 0 aliphatic carbocycles. The summed E-state index contributed by atoms with van der Waals surface area (Å²) >= 11 is 0. The highest BCUT2D eigenvalue weighted by Crippen LogP contribution is 2.13. The highest BCUT2D eigenvalue weighted by molar-refractivity contribution is 5.84. The van der Waals surface area contributed by atoms with Crippen LogP contribution < -0.4 is 0 Å². The van der Waals surface area contributed by atoms with Crippen LogP contribution >= 0.6 is 0 Å². The van der Waals surface area contributed by atoms with E-state index in [0.29, 0.717) is 5.82 Å². The summed E-state index contributed by atoms with van der Waals surface area (Å²) in [5.74, 6) is -0.482. The predicted octanol–water partition coefficient (Wildman–Crippen LogP) is 0.918. The number of hydrogen-bond donors (Lipinski definition) is 0. The van der Waals surface area contributed by atoms with Gasteiger partial charge in [0.2, 0.25) is 5.82 Å². The summed E-state index contributed by atoms with van der Waals surface area (Å²) in [6, 6.07) is 3.43. The van der Waals surface area contributed by atoms with Crippen molar-refractivity contribution in [2.24, 2.45) is 0 Å². The molecule has 76 valence electrons. The summed E-state index contributed by atoms with van der Waals surface area (Å²) in [5, 5.41) is 3.64. The first-order valence-corrected chi connectivity index (χ1v) is 4.13. The molecule has 2 aromatic rings. The van der Waals surface area contributed by atoms with Crippen LogP contribution in [0.4, 0.5) is 0 Å². The Balaban J connectivity index is 2.32. The second-order valence-electron chi connectivity index (χ2n) is 2.65. The predicted molar refractivity (Wildman–Crippen MR) is 48.9 cm³/mol. The molecule has 0 unspecified atom stereocenters. The third-order valence-electron chi connectivity index (χ3n) is 1.72. The minimum atomic E-state index is -0.650. The van der Waals surface area contributed by atoms with E-state index in [0.717, 1.165) is 5.56 Å². The number of aromatic nitrogens is 3. The van der Waals surface area contributed by atoms with Crippen LogP contribution in [-0.4, -0.2) is 28.2 Å². The topological polar surface area (TPSA) is 78.1 Å². The van der Waals surface area contributed by atoms with E-state index < -0.39 is 5.97 Å². The Bertz CT molecular complexity index is 466. The molecule has 0 saturated heterocycles. The smallest absolute Gasteiger partial charge is 0.397 e. The summed E-state index contributed by atoms with van der Waals surface area (Å²) in [6.07, 6.45) is 3.20. The molecule has 0 fully saturated rings. The van der Waals surface area contributed by atoms with Crippen LogP contribution in [0.25, 0.3) is 11.4 Å². The lowest BCUT2D eigenvalue weighted by molar-refractivity contribution is 0.0545. The SMILES string of the molecule is COC(=O)c1nc(-c2ccncc2)no1. The summed E-state index contributed by atoms with van der Waals surface area (Å²) < 4.78 is 9.15. The molecule has 0 spiro atoms. The molecule has 0 aliphatic rings. The largest absolute Gasteiger partial charge is 0.462 e. The van der Waals surface area contributed by atoms with Crippen LogP contribution in [0.3, 0.4) is 0 Å². The molecule has 15 heavy (non-hydrogen) atoms. The van der Waals surface area contributed by atoms with E-state index in [1.54, 1.807) is 24.5 Å². The van der Waals surface area contributed by atoms with Crippen molar-refractivity contribution in [2.45, 2.75) is 0 Å². The number of carbonyl (C=O) groups is 1. The van der Waals surface area contributed by atoms with Crippen molar-refractivity contribution in [2.75, 3.05) is 7.11 Å². The summed E-state index contributed by atoms with van der Waals surface area (Å²) in [7, 11) is 1.25. The molecule has 0 bridgehead atoms. The molecule has 0 saturated carbocycles. The zero-order chi connectivity index (χ0) is 10.7. The van der Waals surface area contributed by atoms with Gasteiger partial charge in [-0.2, -0.15) is 4.98 Å². The molecule has 0 aromatic carbocycles. The Labute approximate surface area is 84.9 Å². The Morgan fingerprint density at radius 2 is 2.13 bits per heavy atom. The van der Waals surface area contributed by atoms with Gasteiger partial charge in [0, 0.05) is 18.0 Å². The van der Waals surface area contributed by atoms with Gasteiger partial charge in [0.25, 0.3) is 0 Å². The second kappa shape index (κ2) is 3.87. The first-order valence-electron chi connectivity index (χ1n) is 4.13. The first-order chi connectivity index (χ1) is 7.31. The molecular weight excluding hydrogens is 198 g/mol. The molecule has 0 atom stereocenters. The van der Waals surface area contributed by atoms with E-state index in [9.17, 15) is 4.79 Å².